The van der Waals surface area contributed by atoms with Gasteiger partial charge in [0.25, 0.3) is 11.8 Å². The zero-order valence-electron chi connectivity index (χ0n) is 14.6. The molecule has 1 saturated heterocycles. The van der Waals surface area contributed by atoms with Crippen molar-refractivity contribution in [1.82, 2.24) is 14.9 Å². The topological polar surface area (TPSA) is 112 Å². The van der Waals surface area contributed by atoms with Crippen molar-refractivity contribution in [2.24, 2.45) is 0 Å². The number of rotatable bonds is 4. The van der Waals surface area contributed by atoms with Crippen LogP contribution in [-0.4, -0.2) is 62.4 Å². The maximum absolute atomic E-state index is 12.6. The van der Waals surface area contributed by atoms with E-state index in [0.717, 1.165) is 42.6 Å². The second-order valence-electron chi connectivity index (χ2n) is 5.98. The Hall–Kier alpha value is -2.94. The molecule has 0 aliphatic carbocycles. The number of carbonyl (C=O) groups is 3. The molecule has 1 aromatic heterocycles. The smallest absolute Gasteiger partial charge is 0.356 e. The van der Waals surface area contributed by atoms with Crippen molar-refractivity contribution >= 4 is 35.2 Å². The van der Waals surface area contributed by atoms with Crippen LogP contribution in [0.4, 0.5) is 5.69 Å². The molecule has 0 bridgehead atoms. The Balaban J connectivity index is 1.71. The van der Waals surface area contributed by atoms with Gasteiger partial charge in [-0.05, 0) is 30.7 Å². The van der Waals surface area contributed by atoms with Gasteiger partial charge in [0, 0.05) is 35.8 Å². The quantitative estimate of drug-likeness (QED) is 0.825. The molecule has 1 aromatic carbocycles. The molecule has 0 unspecified atom stereocenters. The molecule has 3 rings (SSSR count). The fourth-order valence-electron chi connectivity index (χ4n) is 2.63. The van der Waals surface area contributed by atoms with Crippen LogP contribution in [0, 0.1) is 6.92 Å². The molecule has 0 radical (unpaired) electrons. The molecule has 8 nitrogen and oxygen atoms in total. The highest BCUT2D eigenvalue weighted by Crippen LogP contribution is 2.20. The van der Waals surface area contributed by atoms with Gasteiger partial charge in [-0.3, -0.25) is 9.59 Å². The number of anilines is 1. The van der Waals surface area contributed by atoms with Gasteiger partial charge in [0.05, 0.1) is 12.4 Å². The predicted molar refractivity (Wildman–Crippen MR) is 101 cm³/mol. The van der Waals surface area contributed by atoms with E-state index in [1.807, 2.05) is 16.7 Å². The summed E-state index contributed by atoms with van der Waals surface area (Å²) in [4.78, 5) is 44.9. The Kier molecular flexibility index (Phi) is 5.70. The minimum Gasteiger partial charge on any atom is -0.476 e. The first-order valence-electron chi connectivity index (χ1n) is 8.30. The SMILES string of the molecule is Cc1cc(C(=O)N2CCSCC2)ccc1NC(=O)c1cnc(C(=O)O)cn1. The number of carboxylic acid groups (broad SMARTS) is 1. The van der Waals surface area contributed by atoms with Crippen molar-refractivity contribution < 1.29 is 19.5 Å². The van der Waals surface area contributed by atoms with Crippen LogP contribution in [0.25, 0.3) is 0 Å². The summed E-state index contributed by atoms with van der Waals surface area (Å²) in [6, 6.07) is 5.11. The van der Waals surface area contributed by atoms with Gasteiger partial charge >= 0.3 is 5.97 Å². The van der Waals surface area contributed by atoms with E-state index < -0.39 is 11.9 Å². The average molecular weight is 386 g/mol. The first kappa shape index (κ1) is 18.8. The maximum atomic E-state index is 12.6. The van der Waals surface area contributed by atoms with Crippen molar-refractivity contribution in [2.45, 2.75) is 6.92 Å². The Labute approximate surface area is 160 Å². The van der Waals surface area contributed by atoms with E-state index in [0.29, 0.717) is 11.3 Å². The Morgan fingerprint density at radius 1 is 1.11 bits per heavy atom. The monoisotopic (exact) mass is 386 g/mol. The molecule has 0 saturated carbocycles. The standard InChI is InChI=1S/C18H18N4O4S/c1-11-8-12(17(24)22-4-6-27-7-5-22)2-3-13(11)21-16(23)14-9-20-15(10-19-14)18(25)26/h2-3,8-10H,4-7H2,1H3,(H,21,23)(H,25,26). The normalized spacial score (nSPS) is 13.9. The molecular weight excluding hydrogens is 368 g/mol. The van der Waals surface area contributed by atoms with E-state index in [1.54, 1.807) is 25.1 Å². The van der Waals surface area contributed by atoms with Crippen LogP contribution < -0.4 is 5.32 Å². The van der Waals surface area contributed by atoms with Crippen LogP contribution in [0.3, 0.4) is 0 Å². The number of hydrogen-bond acceptors (Lipinski definition) is 6. The van der Waals surface area contributed by atoms with Gasteiger partial charge in [-0.1, -0.05) is 0 Å². The number of aryl methyl sites for hydroxylation is 1. The third-order valence-corrected chi connectivity index (χ3v) is 5.07. The lowest BCUT2D eigenvalue weighted by Crippen LogP contribution is -2.37. The first-order chi connectivity index (χ1) is 13.0. The van der Waals surface area contributed by atoms with Crippen molar-refractivity contribution in [1.29, 1.82) is 0 Å². The summed E-state index contributed by atoms with van der Waals surface area (Å²) in [5.41, 5.74) is 1.65. The number of carboxylic acids is 1. The molecule has 2 N–H and O–H groups in total. The van der Waals surface area contributed by atoms with Crippen molar-refractivity contribution in [3.63, 3.8) is 0 Å². The molecule has 0 spiro atoms. The second-order valence-corrected chi connectivity index (χ2v) is 7.21. The molecule has 1 aliphatic heterocycles. The van der Waals surface area contributed by atoms with E-state index in [-0.39, 0.29) is 17.3 Å². The van der Waals surface area contributed by atoms with Crippen LogP contribution in [0.5, 0.6) is 0 Å². The molecule has 0 atom stereocenters. The highest BCUT2D eigenvalue weighted by Gasteiger charge is 2.19. The van der Waals surface area contributed by atoms with Gasteiger partial charge < -0.3 is 15.3 Å². The summed E-state index contributed by atoms with van der Waals surface area (Å²) in [7, 11) is 0. The van der Waals surface area contributed by atoms with Crippen molar-refractivity contribution in [3.8, 4) is 0 Å². The summed E-state index contributed by atoms with van der Waals surface area (Å²) in [6.07, 6.45) is 2.14. The maximum Gasteiger partial charge on any atom is 0.356 e. The van der Waals surface area contributed by atoms with Crippen LogP contribution in [0.1, 0.15) is 36.9 Å². The summed E-state index contributed by atoms with van der Waals surface area (Å²) in [5.74, 6) is 0.167. The fraction of sp³-hybridized carbons (Fsp3) is 0.278. The molecule has 9 heteroatoms. The average Bonchev–Trinajstić information content (AvgIpc) is 2.69. The number of aromatic carboxylic acids is 1. The summed E-state index contributed by atoms with van der Waals surface area (Å²) >= 11 is 1.84. The largest absolute Gasteiger partial charge is 0.476 e. The Bertz CT molecular complexity index is 879. The third-order valence-electron chi connectivity index (χ3n) is 4.12. The van der Waals surface area contributed by atoms with Gasteiger partial charge in [-0.15, -0.1) is 0 Å². The number of aromatic nitrogens is 2. The summed E-state index contributed by atoms with van der Waals surface area (Å²) in [5, 5.41) is 11.5. The van der Waals surface area contributed by atoms with Crippen molar-refractivity contribution in [2.75, 3.05) is 29.9 Å². The van der Waals surface area contributed by atoms with Crippen LogP contribution >= 0.6 is 11.8 Å². The minimum absolute atomic E-state index is 0.00497. The number of amides is 2. The van der Waals surface area contributed by atoms with Crippen molar-refractivity contribution in [3.05, 3.63) is 53.1 Å². The lowest BCUT2D eigenvalue weighted by atomic mass is 10.1. The third kappa shape index (κ3) is 4.43. The van der Waals surface area contributed by atoms with E-state index in [2.05, 4.69) is 15.3 Å². The summed E-state index contributed by atoms with van der Waals surface area (Å²) < 4.78 is 0. The molecule has 1 aliphatic rings. The predicted octanol–water partition coefficient (Wildman–Crippen LogP) is 1.92. The highest BCUT2D eigenvalue weighted by molar-refractivity contribution is 7.99. The lowest BCUT2D eigenvalue weighted by molar-refractivity contribution is 0.0688. The Morgan fingerprint density at radius 3 is 2.37 bits per heavy atom. The molecule has 1 fully saturated rings. The number of thioether (sulfide) groups is 1. The molecule has 140 valence electrons. The number of carbonyl (C=O) groups excluding carboxylic acids is 2. The molecular formula is C18H18N4O4S. The zero-order chi connectivity index (χ0) is 19.4. The van der Waals surface area contributed by atoms with Crippen LogP contribution in [0.2, 0.25) is 0 Å². The van der Waals surface area contributed by atoms with E-state index in [1.165, 1.54) is 0 Å². The molecule has 2 heterocycles. The second kappa shape index (κ2) is 8.17. The first-order valence-corrected chi connectivity index (χ1v) is 9.45. The van der Waals surface area contributed by atoms with Crippen LogP contribution in [-0.2, 0) is 0 Å². The molecule has 27 heavy (non-hydrogen) atoms. The zero-order valence-corrected chi connectivity index (χ0v) is 15.5. The number of nitrogens with one attached hydrogen (secondary N) is 1. The summed E-state index contributed by atoms with van der Waals surface area (Å²) in [6.45, 7) is 3.29. The fourth-order valence-corrected chi connectivity index (χ4v) is 3.53. The molecule has 2 aromatic rings. The van der Waals surface area contributed by atoms with E-state index >= 15 is 0 Å². The number of nitrogens with zero attached hydrogens (tertiary/aromatic N) is 3. The van der Waals surface area contributed by atoms with Gasteiger partial charge in [-0.25, -0.2) is 14.8 Å². The number of hydrogen-bond donors (Lipinski definition) is 2. The minimum atomic E-state index is -1.21. The van der Waals surface area contributed by atoms with Gasteiger partial charge in [0.2, 0.25) is 0 Å². The Morgan fingerprint density at radius 2 is 1.78 bits per heavy atom. The van der Waals surface area contributed by atoms with Gasteiger partial charge in [0.15, 0.2) is 5.69 Å². The van der Waals surface area contributed by atoms with Gasteiger partial charge in [0.1, 0.15) is 5.69 Å². The molecule has 2 amide bonds. The van der Waals surface area contributed by atoms with Crippen LogP contribution in [0.15, 0.2) is 30.6 Å². The van der Waals surface area contributed by atoms with Gasteiger partial charge in [-0.2, -0.15) is 11.8 Å². The number of benzene rings is 1. The van der Waals surface area contributed by atoms with E-state index in [4.69, 9.17) is 5.11 Å². The van der Waals surface area contributed by atoms with E-state index in [9.17, 15) is 14.4 Å². The lowest BCUT2D eigenvalue weighted by Gasteiger charge is -2.26. The highest BCUT2D eigenvalue weighted by atomic mass is 32.2.